The van der Waals surface area contributed by atoms with Gasteiger partial charge in [0.05, 0.1) is 0 Å². The van der Waals surface area contributed by atoms with Crippen LogP contribution in [-0.2, 0) is 0 Å². The number of hydrogen-bond acceptors (Lipinski definition) is 3. The molecule has 5 heteroatoms. The van der Waals surface area contributed by atoms with Gasteiger partial charge in [0.15, 0.2) is 0 Å². The van der Waals surface area contributed by atoms with E-state index < -0.39 is 24.9 Å². The van der Waals surface area contributed by atoms with Gasteiger partial charge >= 0.3 is 87.1 Å². The summed E-state index contributed by atoms with van der Waals surface area (Å²) in [6.45, 7) is 1.99. The molecule has 0 saturated heterocycles. The second kappa shape index (κ2) is 5.25. The molecule has 0 aromatic heterocycles. The monoisotopic (exact) mass is 293 g/mol. The fraction of sp³-hybridized carbons (Fsp3) is 0.250. The molecular formula is C8H10IN2O2-. The third-order valence-corrected chi connectivity index (χ3v) is 3.77. The Morgan fingerprint density at radius 1 is 1.62 bits per heavy atom. The van der Waals surface area contributed by atoms with E-state index in [0.717, 1.165) is 5.57 Å². The van der Waals surface area contributed by atoms with Crippen LogP contribution in [0.4, 0.5) is 0 Å². The van der Waals surface area contributed by atoms with E-state index in [1.807, 2.05) is 37.3 Å². The number of nitroso groups, excluding NO2 is 1. The number of halogens is 1. The third-order valence-electron chi connectivity index (χ3n) is 1.49. The first-order valence-electron chi connectivity index (χ1n) is 3.76. The minimum atomic E-state index is -0.821. The predicted octanol–water partition coefficient (Wildman–Crippen LogP) is -2.50. The molecule has 1 aliphatic rings. The summed E-state index contributed by atoms with van der Waals surface area (Å²) in [5.41, 5.74) is 1.15. The molecule has 0 bridgehead atoms. The third kappa shape index (κ3) is 3.79. The van der Waals surface area contributed by atoms with E-state index in [2.05, 4.69) is 5.29 Å². The van der Waals surface area contributed by atoms with Crippen molar-refractivity contribution in [2.24, 2.45) is 5.29 Å². The Morgan fingerprint density at radius 2 is 2.38 bits per heavy atom. The molecule has 2 unspecified atom stereocenters. The van der Waals surface area contributed by atoms with Gasteiger partial charge in [0.1, 0.15) is 0 Å². The molecule has 0 aromatic rings. The Morgan fingerprint density at radius 3 is 3.08 bits per heavy atom. The van der Waals surface area contributed by atoms with Crippen molar-refractivity contribution in [1.82, 2.24) is 0 Å². The Bertz CT molecular complexity index is 273. The number of nitrogens with zero attached hydrogens (tertiary/aromatic N) is 1. The van der Waals surface area contributed by atoms with E-state index >= 15 is 0 Å². The molecular weight excluding hydrogens is 283 g/mol. The molecule has 72 valence electrons. The Balaban J connectivity index is 2.55. The quantitative estimate of drug-likeness (QED) is 0.206. The maximum atomic E-state index is 10.8. The molecule has 1 N–H and O–H groups in total. The van der Waals surface area contributed by atoms with Gasteiger partial charge in [-0.2, -0.15) is 0 Å². The minimum absolute atomic E-state index is 0.109. The summed E-state index contributed by atoms with van der Waals surface area (Å²) >= 11 is -0.821. The van der Waals surface area contributed by atoms with E-state index in [1.54, 1.807) is 0 Å². The van der Waals surface area contributed by atoms with Gasteiger partial charge < -0.3 is 0 Å². The molecule has 13 heavy (non-hydrogen) atoms. The second-order valence-electron chi connectivity index (χ2n) is 2.55. The molecule has 1 rings (SSSR count). The summed E-state index contributed by atoms with van der Waals surface area (Å²) in [5, 5.41) is 13.2. The molecule has 0 aromatic carbocycles. The van der Waals surface area contributed by atoms with Crippen LogP contribution in [0, 0.1) is 10.1 Å². The first-order valence-corrected chi connectivity index (χ1v) is 6.09. The van der Waals surface area contributed by atoms with Crippen LogP contribution >= 0.6 is 0 Å². The summed E-state index contributed by atoms with van der Waals surface area (Å²) in [6.07, 6.45) is 9.73. The van der Waals surface area contributed by atoms with Gasteiger partial charge in [-0.25, -0.2) is 0 Å². The molecule has 0 heterocycles. The van der Waals surface area contributed by atoms with E-state index in [-0.39, 0.29) is 3.92 Å². The predicted molar refractivity (Wildman–Crippen MR) is 45.9 cm³/mol. The zero-order valence-corrected chi connectivity index (χ0v) is 9.26. The number of nitrogens with one attached hydrogen (secondary N) is 1. The van der Waals surface area contributed by atoms with Crippen molar-refractivity contribution in [2.75, 3.05) is 0 Å². The van der Waals surface area contributed by atoms with Crippen LogP contribution in [0.25, 0.3) is 0 Å². The summed E-state index contributed by atoms with van der Waals surface area (Å²) in [7, 11) is 0. The van der Waals surface area contributed by atoms with Crippen LogP contribution in [0.15, 0.2) is 41.2 Å². The number of quaternary nitrogens is 1. The average Bonchev–Trinajstić information content (AvgIpc) is 2.31. The van der Waals surface area contributed by atoms with E-state index in [0.29, 0.717) is 0 Å². The van der Waals surface area contributed by atoms with Crippen molar-refractivity contribution in [1.29, 1.82) is 0 Å². The molecule has 0 aliphatic heterocycles. The summed E-state index contributed by atoms with van der Waals surface area (Å²) in [5.74, 6) is 0. The van der Waals surface area contributed by atoms with Gasteiger partial charge in [0.2, 0.25) is 0 Å². The van der Waals surface area contributed by atoms with E-state index in [1.165, 1.54) is 0 Å². The van der Waals surface area contributed by atoms with Crippen molar-refractivity contribution in [3.63, 3.8) is 0 Å². The van der Waals surface area contributed by atoms with Gasteiger partial charge in [-0.15, -0.1) is 0 Å². The van der Waals surface area contributed by atoms with Gasteiger partial charge in [0.25, 0.3) is 0 Å². The van der Waals surface area contributed by atoms with Crippen molar-refractivity contribution < 1.29 is 24.9 Å². The topological polar surface area (TPSA) is 56.9 Å². The number of allylic oxidation sites excluding steroid dienone is 6. The van der Waals surface area contributed by atoms with E-state index in [4.69, 9.17) is 0 Å². The van der Waals surface area contributed by atoms with Crippen LogP contribution in [0.1, 0.15) is 6.92 Å². The normalized spacial score (nSPS) is 23.8. The van der Waals surface area contributed by atoms with Crippen LogP contribution < -0.4 is 24.9 Å². The Kier molecular flexibility index (Phi) is 4.26. The zero-order valence-electron chi connectivity index (χ0n) is 7.11. The average molecular weight is 293 g/mol. The molecule has 4 nitrogen and oxygen atoms in total. The van der Waals surface area contributed by atoms with Crippen LogP contribution in [-0.4, -0.2) is 3.92 Å². The van der Waals surface area contributed by atoms with Crippen LogP contribution in [0.3, 0.4) is 0 Å². The van der Waals surface area contributed by atoms with Crippen molar-refractivity contribution in [2.45, 2.75) is 10.8 Å². The van der Waals surface area contributed by atoms with Gasteiger partial charge in [-0.1, -0.05) is 0 Å². The first-order chi connectivity index (χ1) is 6.22. The molecule has 0 spiro atoms. The zero-order chi connectivity index (χ0) is 9.68. The molecule has 0 radical (unpaired) electrons. The van der Waals surface area contributed by atoms with E-state index in [9.17, 15) is 10.1 Å². The fourth-order valence-electron chi connectivity index (χ4n) is 0.877. The Labute approximate surface area is 87.1 Å². The fourth-order valence-corrected chi connectivity index (χ4v) is 2.47. The summed E-state index contributed by atoms with van der Waals surface area (Å²) in [6, 6.07) is 0. The molecule has 1 aliphatic carbocycles. The SMILES string of the molecule is CC1=CC=CC([I-][NH+]([O-])N=O)C=C1. The van der Waals surface area contributed by atoms with Crippen LogP contribution in [0.2, 0.25) is 0 Å². The van der Waals surface area contributed by atoms with Crippen molar-refractivity contribution >= 4 is 0 Å². The van der Waals surface area contributed by atoms with Gasteiger partial charge in [-0.05, 0) is 0 Å². The number of rotatable bonds is 3. The molecule has 2 atom stereocenters. The van der Waals surface area contributed by atoms with Crippen LogP contribution in [0.5, 0.6) is 0 Å². The number of alkyl halides is 1. The molecule has 0 fully saturated rings. The maximum absolute atomic E-state index is 10.8. The Hall–Kier alpha value is -0.530. The summed E-state index contributed by atoms with van der Waals surface area (Å²) in [4.78, 5) is 9.90. The second-order valence-corrected chi connectivity index (χ2v) is 5.54. The van der Waals surface area contributed by atoms with Crippen molar-refractivity contribution in [3.05, 3.63) is 46.1 Å². The molecule has 0 amide bonds. The van der Waals surface area contributed by atoms with Crippen molar-refractivity contribution in [3.8, 4) is 0 Å². The van der Waals surface area contributed by atoms with Gasteiger partial charge in [-0.3, -0.25) is 0 Å². The first kappa shape index (κ1) is 10.6. The molecule has 0 saturated carbocycles. The summed E-state index contributed by atoms with van der Waals surface area (Å²) < 4.78 is -0.379. The standard InChI is InChI=1S/C8H10IN2O2/c1-7-3-2-4-8(6-5-7)9-11(13)10-12/h2-6,8,11H,1H3/q-1. The van der Waals surface area contributed by atoms with Gasteiger partial charge in [0, 0.05) is 0 Å². The number of hydrogen-bond donors (Lipinski definition) is 1.